The summed E-state index contributed by atoms with van der Waals surface area (Å²) in [7, 11) is 0. The van der Waals surface area contributed by atoms with Gasteiger partial charge in [0.15, 0.2) is 0 Å². The van der Waals surface area contributed by atoms with Crippen molar-refractivity contribution in [2.45, 2.75) is 77.0 Å². The molecule has 1 aromatic heterocycles. The van der Waals surface area contributed by atoms with Crippen molar-refractivity contribution in [3.63, 3.8) is 0 Å². The van der Waals surface area contributed by atoms with Crippen LogP contribution in [0.3, 0.4) is 0 Å². The summed E-state index contributed by atoms with van der Waals surface area (Å²) in [6, 6.07) is 0. The van der Waals surface area contributed by atoms with Gasteiger partial charge in [-0.2, -0.15) is 0 Å². The summed E-state index contributed by atoms with van der Waals surface area (Å²) in [4.78, 5) is 0. The van der Waals surface area contributed by atoms with E-state index in [-0.39, 0.29) is 0 Å². The van der Waals surface area contributed by atoms with E-state index in [1.54, 1.807) is 0 Å². The Morgan fingerprint density at radius 3 is 1.35 bits per heavy atom. The van der Waals surface area contributed by atoms with Gasteiger partial charge in [-0.1, -0.05) is 0 Å². The van der Waals surface area contributed by atoms with Gasteiger partial charge < -0.3 is 0 Å². The third-order valence-electron chi connectivity index (χ3n) is 4.45. The van der Waals surface area contributed by atoms with Crippen LogP contribution < -0.4 is 0 Å². The summed E-state index contributed by atoms with van der Waals surface area (Å²) in [5.41, 5.74) is 3.75. The molecule has 0 spiro atoms. The molecule has 0 nitrogen and oxygen atoms in total. The predicted molar refractivity (Wildman–Crippen MR) is 75.1 cm³/mol. The van der Waals surface area contributed by atoms with E-state index in [1.165, 1.54) is 77.0 Å². The third kappa shape index (κ3) is 2.71. The van der Waals surface area contributed by atoms with E-state index in [2.05, 4.69) is 0 Å². The molecule has 0 unspecified atom stereocenters. The molecule has 0 amide bonds. The van der Waals surface area contributed by atoms with Gasteiger partial charge in [-0.3, -0.25) is 0 Å². The van der Waals surface area contributed by atoms with Crippen LogP contribution in [0.2, 0.25) is 0 Å². The second-order valence-corrected chi connectivity index (χ2v) is 8.23. The molecule has 94 valence electrons. The van der Waals surface area contributed by atoms with Crippen molar-refractivity contribution in [1.82, 2.24) is 0 Å². The van der Waals surface area contributed by atoms with Crippen molar-refractivity contribution in [2.24, 2.45) is 0 Å². The second-order valence-electron chi connectivity index (χ2n) is 5.73. The molecule has 3 rings (SSSR count). The molecule has 0 bridgehead atoms. The van der Waals surface area contributed by atoms with Crippen molar-refractivity contribution in [3.8, 4) is 0 Å². The van der Waals surface area contributed by atoms with Gasteiger partial charge in [0.2, 0.25) is 0 Å². The number of hydrogen-bond acceptors (Lipinski definition) is 0. The Morgan fingerprint density at radius 1 is 0.471 bits per heavy atom. The van der Waals surface area contributed by atoms with Gasteiger partial charge in [0.25, 0.3) is 0 Å². The maximum atomic E-state index is 1.92. The zero-order valence-corrected chi connectivity index (χ0v) is 12.6. The molecular formula is C16H24Se. The third-order valence-corrected chi connectivity index (χ3v) is 7.37. The minimum atomic E-state index is 0.777. The average molecular weight is 295 g/mol. The van der Waals surface area contributed by atoms with Crippen LogP contribution in [0, 0.1) is 0 Å². The van der Waals surface area contributed by atoms with E-state index in [0.29, 0.717) is 0 Å². The molecule has 0 radical (unpaired) electrons. The number of hydrogen-bond donors (Lipinski definition) is 0. The first kappa shape index (κ1) is 12.1. The van der Waals surface area contributed by atoms with Gasteiger partial charge in [-0.25, -0.2) is 0 Å². The summed E-state index contributed by atoms with van der Waals surface area (Å²) in [5.74, 6) is 0. The predicted octanol–water partition coefficient (Wildman–Crippen LogP) is 4.06. The molecule has 0 saturated heterocycles. The fourth-order valence-electron chi connectivity index (χ4n) is 3.47. The number of rotatable bonds is 0. The average Bonchev–Trinajstić information content (AvgIpc) is 2.55. The van der Waals surface area contributed by atoms with Crippen LogP contribution in [-0.2, 0) is 25.7 Å². The van der Waals surface area contributed by atoms with E-state index in [0.717, 1.165) is 14.5 Å². The molecule has 2 aliphatic carbocycles. The van der Waals surface area contributed by atoms with E-state index in [4.69, 9.17) is 0 Å². The first-order chi connectivity index (χ1) is 8.45. The van der Waals surface area contributed by atoms with Crippen LogP contribution in [0.5, 0.6) is 0 Å². The first-order valence-corrected chi connectivity index (χ1v) is 9.29. The fourth-order valence-corrected chi connectivity index (χ4v) is 6.59. The normalized spacial score (nSPS) is 21.6. The molecule has 17 heavy (non-hydrogen) atoms. The van der Waals surface area contributed by atoms with E-state index in [1.807, 2.05) is 20.0 Å². The van der Waals surface area contributed by atoms with E-state index in [9.17, 15) is 0 Å². The zero-order valence-electron chi connectivity index (χ0n) is 10.9. The van der Waals surface area contributed by atoms with E-state index >= 15 is 0 Å². The Morgan fingerprint density at radius 2 is 0.882 bits per heavy atom. The minimum absolute atomic E-state index is 0.777. The molecule has 0 N–H and O–H groups in total. The molecule has 0 atom stereocenters. The molecule has 0 fully saturated rings. The van der Waals surface area contributed by atoms with Gasteiger partial charge >= 0.3 is 112 Å². The molecule has 1 heterocycles. The molecule has 1 heteroatoms. The molecule has 1 aromatic rings. The first-order valence-electron chi connectivity index (χ1n) is 7.57. The number of fused-ring (bicyclic) bond motifs is 3. The van der Waals surface area contributed by atoms with E-state index < -0.39 is 0 Å². The van der Waals surface area contributed by atoms with Crippen LogP contribution in [-0.4, -0.2) is 14.5 Å². The summed E-state index contributed by atoms with van der Waals surface area (Å²) < 4.78 is 3.84. The van der Waals surface area contributed by atoms with Crippen molar-refractivity contribution < 1.29 is 0 Å². The Labute approximate surface area is 112 Å². The topological polar surface area (TPSA) is 0 Å². The molecule has 0 aliphatic heterocycles. The quantitative estimate of drug-likeness (QED) is 0.633. The standard InChI is InChI=1S/C16H24Se/c1-3-7-11-15-13(9-5-1)14-10-6-2-4-8-12-16(14)17-15/h1-12H2. The Kier molecular flexibility index (Phi) is 4.08. The van der Waals surface area contributed by atoms with Gasteiger partial charge in [0.05, 0.1) is 0 Å². The summed E-state index contributed by atoms with van der Waals surface area (Å²) >= 11 is 0.777. The monoisotopic (exact) mass is 296 g/mol. The Bertz CT molecular complexity index is 341. The van der Waals surface area contributed by atoms with Crippen LogP contribution in [0.25, 0.3) is 0 Å². The van der Waals surface area contributed by atoms with Crippen LogP contribution in [0.15, 0.2) is 0 Å². The SMILES string of the molecule is C1CCCc2c([se]c3c2CCCCCC3)CC1. The van der Waals surface area contributed by atoms with Crippen molar-refractivity contribution >= 4 is 14.5 Å². The van der Waals surface area contributed by atoms with Crippen LogP contribution in [0.4, 0.5) is 0 Å². The molecule has 0 saturated carbocycles. The van der Waals surface area contributed by atoms with Gasteiger partial charge in [-0.15, -0.1) is 0 Å². The summed E-state index contributed by atoms with van der Waals surface area (Å²) in [6.07, 6.45) is 17.5. The van der Waals surface area contributed by atoms with Crippen molar-refractivity contribution in [2.75, 3.05) is 0 Å². The van der Waals surface area contributed by atoms with Gasteiger partial charge in [0.1, 0.15) is 0 Å². The Hall–Kier alpha value is -0.000519. The molecular weight excluding hydrogens is 271 g/mol. The van der Waals surface area contributed by atoms with Gasteiger partial charge in [0, 0.05) is 0 Å². The second kappa shape index (κ2) is 5.76. The van der Waals surface area contributed by atoms with Crippen LogP contribution >= 0.6 is 0 Å². The zero-order chi connectivity index (χ0) is 11.5. The Balaban J connectivity index is 1.93. The fraction of sp³-hybridized carbons (Fsp3) is 0.750. The summed E-state index contributed by atoms with van der Waals surface area (Å²) in [5, 5.41) is 0. The summed E-state index contributed by atoms with van der Waals surface area (Å²) in [6.45, 7) is 0. The molecule has 0 aromatic carbocycles. The number of aryl methyl sites for hydroxylation is 2. The van der Waals surface area contributed by atoms with Crippen LogP contribution in [0.1, 0.15) is 71.4 Å². The van der Waals surface area contributed by atoms with Crippen molar-refractivity contribution in [1.29, 1.82) is 0 Å². The van der Waals surface area contributed by atoms with Crippen molar-refractivity contribution in [3.05, 3.63) is 20.0 Å². The molecule has 2 aliphatic rings. The maximum absolute atomic E-state index is 1.92. The van der Waals surface area contributed by atoms with Gasteiger partial charge in [-0.05, 0) is 0 Å².